The molecule has 0 amide bonds. The summed E-state index contributed by atoms with van der Waals surface area (Å²) in [6, 6.07) is 25.0. The summed E-state index contributed by atoms with van der Waals surface area (Å²) in [6.07, 6.45) is 1.16. The molecule has 0 heterocycles. The Bertz CT molecular complexity index is 1660. The van der Waals surface area contributed by atoms with Gasteiger partial charge >= 0.3 is 0 Å². The van der Waals surface area contributed by atoms with Gasteiger partial charge < -0.3 is 0 Å². The SMILES string of the molecule is CS(=O)(=O)c1cccc(-c2ccc(CN(Cc3cccc(Br)c3)S(=O)(=O)c3ccc(Br)cc3F)cc2)c1. The second-order valence-corrected chi connectivity index (χ2v) is 14.2. The number of hydrogen-bond acceptors (Lipinski definition) is 4. The zero-order valence-corrected chi connectivity index (χ0v) is 24.4. The van der Waals surface area contributed by atoms with Crippen LogP contribution in [-0.2, 0) is 33.0 Å². The number of hydrogen-bond donors (Lipinski definition) is 0. The lowest BCUT2D eigenvalue weighted by Gasteiger charge is -2.23. The Morgan fingerprint density at radius 3 is 2.00 bits per heavy atom. The summed E-state index contributed by atoms with van der Waals surface area (Å²) in [4.78, 5) is -0.184. The highest BCUT2D eigenvalue weighted by Gasteiger charge is 2.28. The maximum Gasteiger partial charge on any atom is 0.246 e. The Morgan fingerprint density at radius 1 is 0.703 bits per heavy atom. The normalized spacial score (nSPS) is 12.1. The zero-order chi connectivity index (χ0) is 26.8. The summed E-state index contributed by atoms with van der Waals surface area (Å²) in [6.45, 7) is 0.0451. The largest absolute Gasteiger partial charge is 0.246 e. The minimum atomic E-state index is -4.19. The average molecular weight is 667 g/mol. The van der Waals surface area contributed by atoms with Gasteiger partial charge in [-0.2, -0.15) is 4.31 Å². The third-order valence-electron chi connectivity index (χ3n) is 5.67. The molecule has 0 unspecified atom stereocenters. The van der Waals surface area contributed by atoms with E-state index in [0.717, 1.165) is 33.5 Å². The van der Waals surface area contributed by atoms with Gasteiger partial charge in [-0.25, -0.2) is 21.2 Å². The molecule has 5 nitrogen and oxygen atoms in total. The van der Waals surface area contributed by atoms with E-state index >= 15 is 0 Å². The van der Waals surface area contributed by atoms with Gasteiger partial charge in [0.25, 0.3) is 0 Å². The van der Waals surface area contributed by atoms with Gasteiger partial charge in [-0.1, -0.05) is 80.4 Å². The Labute approximate surface area is 233 Å². The van der Waals surface area contributed by atoms with Crippen molar-refractivity contribution in [2.45, 2.75) is 22.9 Å². The number of halogens is 3. The van der Waals surface area contributed by atoms with Crippen molar-refractivity contribution in [1.82, 2.24) is 4.31 Å². The molecule has 0 atom stereocenters. The fraction of sp³-hybridized carbons (Fsp3) is 0.111. The van der Waals surface area contributed by atoms with Crippen molar-refractivity contribution in [2.75, 3.05) is 6.26 Å². The smallest absolute Gasteiger partial charge is 0.224 e. The number of sulfonamides is 1. The van der Waals surface area contributed by atoms with E-state index in [1.165, 1.54) is 16.4 Å². The Morgan fingerprint density at radius 2 is 1.35 bits per heavy atom. The molecule has 0 spiro atoms. The first-order valence-corrected chi connectivity index (χ1v) is 15.9. The molecule has 0 saturated heterocycles. The quantitative estimate of drug-likeness (QED) is 0.207. The predicted molar refractivity (Wildman–Crippen MR) is 150 cm³/mol. The van der Waals surface area contributed by atoms with Crippen molar-refractivity contribution < 1.29 is 21.2 Å². The van der Waals surface area contributed by atoms with Crippen LogP contribution in [0.5, 0.6) is 0 Å². The van der Waals surface area contributed by atoms with Gasteiger partial charge in [0.1, 0.15) is 10.7 Å². The number of rotatable bonds is 8. The molecule has 4 aromatic rings. The number of nitrogens with zero attached hydrogens (tertiary/aromatic N) is 1. The predicted octanol–water partition coefficient (Wildman–Crippen LogP) is 6.81. The Kier molecular flexibility index (Phi) is 8.35. The standard InChI is InChI=1S/C27H22Br2FNO4S2/c1-36(32,33)25-7-3-5-22(15-25)21-10-8-19(9-11-21)17-31(18-20-4-2-6-23(28)14-20)37(34,35)27-13-12-24(29)16-26(27)30/h2-16H,17-18H2,1H3. The molecule has 0 N–H and O–H groups in total. The Balaban J connectivity index is 1.68. The van der Waals surface area contributed by atoms with Crippen molar-refractivity contribution in [3.05, 3.63) is 117 Å². The summed E-state index contributed by atoms with van der Waals surface area (Å²) in [5.41, 5.74) is 2.95. The first-order valence-electron chi connectivity index (χ1n) is 11.0. The van der Waals surface area contributed by atoms with Crippen LogP contribution in [0.2, 0.25) is 0 Å². The van der Waals surface area contributed by atoms with Crippen LogP contribution in [0.1, 0.15) is 11.1 Å². The first-order chi connectivity index (χ1) is 17.4. The van der Waals surface area contributed by atoms with E-state index in [1.54, 1.807) is 42.5 Å². The van der Waals surface area contributed by atoms with Gasteiger partial charge in [-0.05, 0) is 64.7 Å². The molecular weight excluding hydrogens is 645 g/mol. The van der Waals surface area contributed by atoms with Crippen molar-refractivity contribution >= 4 is 51.7 Å². The van der Waals surface area contributed by atoms with Crippen molar-refractivity contribution in [3.63, 3.8) is 0 Å². The lowest BCUT2D eigenvalue weighted by Crippen LogP contribution is -2.31. The number of sulfone groups is 1. The highest BCUT2D eigenvalue weighted by molar-refractivity contribution is 9.10. The summed E-state index contributed by atoms with van der Waals surface area (Å²) in [7, 11) is -7.54. The van der Waals surface area contributed by atoms with Gasteiger partial charge in [-0.3, -0.25) is 0 Å². The summed E-state index contributed by atoms with van der Waals surface area (Å²) >= 11 is 6.58. The second-order valence-electron chi connectivity index (χ2n) is 8.47. The lowest BCUT2D eigenvalue weighted by atomic mass is 10.0. The minimum Gasteiger partial charge on any atom is -0.224 e. The monoisotopic (exact) mass is 665 g/mol. The fourth-order valence-corrected chi connectivity index (χ4v) is 6.71. The van der Waals surface area contributed by atoms with Crippen molar-refractivity contribution in [2.24, 2.45) is 0 Å². The summed E-state index contributed by atoms with van der Waals surface area (Å²) in [5.74, 6) is -0.838. The molecule has 10 heteroatoms. The van der Waals surface area contributed by atoms with Crippen molar-refractivity contribution in [3.8, 4) is 11.1 Å². The minimum absolute atomic E-state index is 0.00795. The van der Waals surface area contributed by atoms with Crippen LogP contribution in [0.15, 0.2) is 110 Å². The van der Waals surface area contributed by atoms with Crippen LogP contribution >= 0.6 is 31.9 Å². The molecule has 4 rings (SSSR count). The molecule has 0 radical (unpaired) electrons. The molecule has 0 bridgehead atoms. The van der Waals surface area contributed by atoms with E-state index in [9.17, 15) is 21.2 Å². The topological polar surface area (TPSA) is 71.5 Å². The molecule has 0 aliphatic heterocycles. The highest BCUT2D eigenvalue weighted by Crippen LogP contribution is 2.28. The van der Waals surface area contributed by atoms with Crippen LogP contribution in [0.3, 0.4) is 0 Å². The van der Waals surface area contributed by atoms with Gasteiger partial charge in [0.15, 0.2) is 9.84 Å². The molecule has 4 aromatic carbocycles. The molecule has 192 valence electrons. The molecule has 0 aromatic heterocycles. The van der Waals surface area contributed by atoms with Gasteiger partial charge in [-0.15, -0.1) is 0 Å². The molecule has 0 saturated carbocycles. The maximum atomic E-state index is 14.7. The fourth-order valence-electron chi connectivity index (χ4n) is 3.80. The van der Waals surface area contributed by atoms with E-state index in [4.69, 9.17) is 0 Å². The Hall–Kier alpha value is -2.37. The van der Waals surface area contributed by atoms with Gasteiger partial charge in [0.05, 0.1) is 4.90 Å². The van der Waals surface area contributed by atoms with Gasteiger partial charge in [0, 0.05) is 28.3 Å². The van der Waals surface area contributed by atoms with E-state index in [2.05, 4.69) is 31.9 Å². The zero-order valence-electron chi connectivity index (χ0n) is 19.6. The van der Waals surface area contributed by atoms with Gasteiger partial charge in [0.2, 0.25) is 10.0 Å². The third kappa shape index (κ3) is 6.74. The highest BCUT2D eigenvalue weighted by atomic mass is 79.9. The van der Waals surface area contributed by atoms with E-state index in [-0.39, 0.29) is 18.0 Å². The molecule has 0 aliphatic carbocycles. The summed E-state index contributed by atoms with van der Waals surface area (Å²) in [5, 5.41) is 0. The molecule has 0 aliphatic rings. The van der Waals surface area contributed by atoms with Crippen LogP contribution in [0.4, 0.5) is 4.39 Å². The van der Waals surface area contributed by atoms with E-state index in [1.807, 2.05) is 30.3 Å². The molecule has 0 fully saturated rings. The number of benzene rings is 4. The second kappa shape index (κ2) is 11.2. The lowest BCUT2D eigenvalue weighted by molar-refractivity contribution is 0.397. The van der Waals surface area contributed by atoms with Crippen LogP contribution in [-0.4, -0.2) is 27.4 Å². The van der Waals surface area contributed by atoms with Crippen LogP contribution in [0, 0.1) is 5.82 Å². The average Bonchev–Trinajstić information content (AvgIpc) is 2.83. The first kappa shape index (κ1) is 27.7. The van der Waals surface area contributed by atoms with Crippen LogP contribution < -0.4 is 0 Å². The third-order valence-corrected chi connectivity index (χ3v) is 9.59. The van der Waals surface area contributed by atoms with E-state index < -0.39 is 30.6 Å². The molecular formula is C27H22Br2FNO4S2. The summed E-state index contributed by atoms with van der Waals surface area (Å²) < 4.78 is 68.2. The van der Waals surface area contributed by atoms with Crippen molar-refractivity contribution in [1.29, 1.82) is 0 Å². The maximum absolute atomic E-state index is 14.7. The molecule has 37 heavy (non-hydrogen) atoms. The van der Waals surface area contributed by atoms with E-state index in [0.29, 0.717) is 10.0 Å². The van der Waals surface area contributed by atoms with Crippen LogP contribution in [0.25, 0.3) is 11.1 Å².